The number of benzene rings is 1. The monoisotopic (exact) mass is 328 g/mol. The summed E-state index contributed by atoms with van der Waals surface area (Å²) in [5, 5.41) is 5.12. The van der Waals surface area contributed by atoms with Gasteiger partial charge >= 0.3 is 0 Å². The van der Waals surface area contributed by atoms with E-state index >= 15 is 0 Å². The third-order valence-corrected chi connectivity index (χ3v) is 4.14. The lowest BCUT2D eigenvalue weighted by molar-refractivity contribution is 0.150. The first kappa shape index (κ1) is 16.3. The van der Waals surface area contributed by atoms with Crippen LogP contribution in [0.5, 0.6) is 5.75 Å². The summed E-state index contributed by atoms with van der Waals surface area (Å²) in [6, 6.07) is 4.10. The third kappa shape index (κ3) is 3.23. The van der Waals surface area contributed by atoms with Crippen LogP contribution in [0.1, 0.15) is 17.6 Å². The summed E-state index contributed by atoms with van der Waals surface area (Å²) >= 11 is 0. The number of alkyl halides is 2. The topological polar surface area (TPSA) is 82.3 Å². The fraction of sp³-hybridized carbons (Fsp3) is 0.214. The van der Waals surface area contributed by atoms with E-state index in [0.29, 0.717) is 16.7 Å². The SMILES string of the molecule is COc1cc(-c2cncc(C(F)F)c2C)cc(S(N)(=O)=O)c1. The Morgan fingerprint density at radius 3 is 2.45 bits per heavy atom. The first-order valence-corrected chi connectivity index (χ1v) is 7.73. The van der Waals surface area contributed by atoms with Crippen LogP contribution in [0, 0.1) is 6.92 Å². The summed E-state index contributed by atoms with van der Waals surface area (Å²) in [5.74, 6) is 0.253. The lowest BCUT2D eigenvalue weighted by Crippen LogP contribution is -2.12. The quantitative estimate of drug-likeness (QED) is 0.935. The van der Waals surface area contributed by atoms with Crippen LogP contribution in [0.4, 0.5) is 8.78 Å². The predicted molar refractivity (Wildman–Crippen MR) is 77.3 cm³/mol. The number of nitrogens with two attached hydrogens (primary N) is 1. The molecule has 0 spiro atoms. The highest BCUT2D eigenvalue weighted by molar-refractivity contribution is 7.89. The zero-order valence-electron chi connectivity index (χ0n) is 11.9. The van der Waals surface area contributed by atoms with Crippen LogP contribution in [0.2, 0.25) is 0 Å². The molecule has 0 saturated carbocycles. The molecule has 2 rings (SSSR count). The van der Waals surface area contributed by atoms with Crippen molar-refractivity contribution in [2.45, 2.75) is 18.2 Å². The molecule has 0 bridgehead atoms. The Hall–Kier alpha value is -2.06. The van der Waals surface area contributed by atoms with Crippen LogP contribution < -0.4 is 9.88 Å². The van der Waals surface area contributed by atoms with Crippen molar-refractivity contribution in [3.05, 3.63) is 41.7 Å². The lowest BCUT2D eigenvalue weighted by Gasteiger charge is -2.12. The number of nitrogens with zero attached hydrogens (tertiary/aromatic N) is 1. The molecule has 22 heavy (non-hydrogen) atoms. The molecule has 0 amide bonds. The Bertz CT molecular complexity index is 808. The molecule has 2 aromatic rings. The fourth-order valence-corrected chi connectivity index (χ4v) is 2.63. The normalized spacial score (nSPS) is 11.7. The van der Waals surface area contributed by atoms with Gasteiger partial charge in [0.25, 0.3) is 6.43 Å². The molecule has 1 aromatic heterocycles. The van der Waals surface area contributed by atoms with Gasteiger partial charge in [0.2, 0.25) is 10.0 Å². The minimum atomic E-state index is -3.95. The summed E-state index contributed by atoms with van der Waals surface area (Å²) in [6.45, 7) is 1.52. The van der Waals surface area contributed by atoms with Gasteiger partial charge in [-0.05, 0) is 30.2 Å². The second-order valence-electron chi connectivity index (χ2n) is 4.64. The maximum absolute atomic E-state index is 13.0. The Morgan fingerprint density at radius 2 is 1.91 bits per heavy atom. The van der Waals surface area contributed by atoms with E-state index < -0.39 is 16.4 Å². The maximum Gasteiger partial charge on any atom is 0.265 e. The molecule has 5 nitrogen and oxygen atoms in total. The van der Waals surface area contributed by atoms with Crippen molar-refractivity contribution in [2.24, 2.45) is 5.14 Å². The van der Waals surface area contributed by atoms with Crippen molar-refractivity contribution in [1.29, 1.82) is 0 Å². The average molecular weight is 328 g/mol. The van der Waals surface area contributed by atoms with Crippen molar-refractivity contribution >= 4 is 10.0 Å². The number of hydrogen-bond acceptors (Lipinski definition) is 4. The van der Waals surface area contributed by atoms with E-state index in [-0.39, 0.29) is 16.2 Å². The summed E-state index contributed by atoms with van der Waals surface area (Å²) in [6.07, 6.45) is -0.191. The van der Waals surface area contributed by atoms with Crippen molar-refractivity contribution in [1.82, 2.24) is 4.98 Å². The number of rotatable bonds is 4. The molecule has 1 heterocycles. The molecule has 0 aliphatic rings. The number of halogens is 2. The highest BCUT2D eigenvalue weighted by Gasteiger charge is 2.17. The zero-order chi connectivity index (χ0) is 16.5. The Morgan fingerprint density at radius 1 is 1.23 bits per heavy atom. The Kier molecular flexibility index (Phi) is 4.43. The van der Waals surface area contributed by atoms with Gasteiger partial charge < -0.3 is 4.74 Å². The van der Waals surface area contributed by atoms with Crippen molar-refractivity contribution in [3.63, 3.8) is 0 Å². The van der Waals surface area contributed by atoms with Gasteiger partial charge in [0.05, 0.1) is 12.0 Å². The predicted octanol–water partition coefficient (Wildman–Crippen LogP) is 2.65. The highest BCUT2D eigenvalue weighted by atomic mass is 32.2. The Balaban J connectivity index is 2.70. The molecular formula is C14H14F2N2O3S. The molecule has 118 valence electrons. The summed E-state index contributed by atoms with van der Waals surface area (Å²) in [7, 11) is -2.59. The number of hydrogen-bond donors (Lipinski definition) is 1. The summed E-state index contributed by atoms with van der Waals surface area (Å²) in [5.41, 5.74) is 0.883. The van der Waals surface area contributed by atoms with Crippen LogP contribution in [0.15, 0.2) is 35.5 Å². The molecule has 8 heteroatoms. The highest BCUT2D eigenvalue weighted by Crippen LogP contribution is 2.33. The second-order valence-corrected chi connectivity index (χ2v) is 6.21. The molecule has 0 fully saturated rings. The molecule has 1 aromatic carbocycles. The van der Waals surface area contributed by atoms with Gasteiger partial charge in [0.1, 0.15) is 5.75 Å². The molecule has 0 aliphatic carbocycles. The van der Waals surface area contributed by atoms with E-state index in [1.807, 2.05) is 0 Å². The van der Waals surface area contributed by atoms with E-state index in [4.69, 9.17) is 9.88 Å². The van der Waals surface area contributed by atoms with Gasteiger partial charge in [-0.15, -0.1) is 0 Å². The van der Waals surface area contributed by atoms with E-state index in [2.05, 4.69) is 4.98 Å². The van der Waals surface area contributed by atoms with Crippen molar-refractivity contribution < 1.29 is 21.9 Å². The smallest absolute Gasteiger partial charge is 0.265 e. The summed E-state index contributed by atoms with van der Waals surface area (Å²) in [4.78, 5) is 3.63. The number of pyridine rings is 1. The second kappa shape index (κ2) is 5.98. The van der Waals surface area contributed by atoms with Crippen LogP contribution in [-0.4, -0.2) is 20.5 Å². The number of methoxy groups -OCH3 is 1. The number of aromatic nitrogens is 1. The minimum absolute atomic E-state index is 0.163. The van der Waals surface area contributed by atoms with Gasteiger partial charge in [-0.25, -0.2) is 22.3 Å². The van der Waals surface area contributed by atoms with E-state index in [9.17, 15) is 17.2 Å². The number of sulfonamides is 1. The van der Waals surface area contributed by atoms with E-state index in [1.165, 1.54) is 38.4 Å². The van der Waals surface area contributed by atoms with Gasteiger partial charge in [-0.2, -0.15) is 0 Å². The van der Waals surface area contributed by atoms with Crippen molar-refractivity contribution in [2.75, 3.05) is 7.11 Å². The standard InChI is InChI=1S/C14H14F2N2O3S/c1-8-12(6-18-7-13(8)14(15)16)9-3-10(21-2)5-11(4-9)22(17,19)20/h3-7,14H,1-2H3,(H2,17,19,20). The van der Waals surface area contributed by atoms with Crippen molar-refractivity contribution in [3.8, 4) is 16.9 Å². The molecule has 0 aliphatic heterocycles. The lowest BCUT2D eigenvalue weighted by atomic mass is 9.99. The van der Waals surface area contributed by atoms with Crippen LogP contribution in [0.3, 0.4) is 0 Å². The molecule has 0 unspecified atom stereocenters. The number of ether oxygens (including phenoxy) is 1. The zero-order valence-corrected chi connectivity index (χ0v) is 12.7. The first-order valence-electron chi connectivity index (χ1n) is 6.19. The van der Waals surface area contributed by atoms with E-state index in [0.717, 1.165) is 6.20 Å². The summed E-state index contributed by atoms with van der Waals surface area (Å²) < 4.78 is 54.0. The van der Waals surface area contributed by atoms with Gasteiger partial charge in [-0.3, -0.25) is 4.98 Å². The van der Waals surface area contributed by atoms with Gasteiger partial charge in [0.15, 0.2) is 0 Å². The van der Waals surface area contributed by atoms with Gasteiger partial charge in [0, 0.05) is 29.6 Å². The van der Waals surface area contributed by atoms with Gasteiger partial charge in [-0.1, -0.05) is 0 Å². The molecular weight excluding hydrogens is 314 g/mol. The van der Waals surface area contributed by atoms with Crippen LogP contribution >= 0.6 is 0 Å². The first-order chi connectivity index (χ1) is 10.2. The Labute approximate surface area is 126 Å². The molecule has 0 saturated heterocycles. The average Bonchev–Trinajstić information content (AvgIpc) is 2.45. The molecule has 0 radical (unpaired) electrons. The van der Waals surface area contributed by atoms with Crippen LogP contribution in [0.25, 0.3) is 11.1 Å². The molecule has 0 atom stereocenters. The largest absolute Gasteiger partial charge is 0.497 e. The minimum Gasteiger partial charge on any atom is -0.497 e. The third-order valence-electron chi connectivity index (χ3n) is 3.24. The number of primary sulfonamides is 1. The van der Waals surface area contributed by atoms with E-state index in [1.54, 1.807) is 0 Å². The fourth-order valence-electron chi connectivity index (χ4n) is 2.06. The molecule has 2 N–H and O–H groups in total. The maximum atomic E-state index is 13.0. The van der Waals surface area contributed by atoms with Crippen LogP contribution in [-0.2, 0) is 10.0 Å².